The number of rotatable bonds is 1. The second kappa shape index (κ2) is 5.18. The molecule has 0 spiro atoms. The van der Waals surface area contributed by atoms with E-state index in [0.717, 1.165) is 24.3 Å². The van der Waals surface area contributed by atoms with E-state index in [0.29, 0.717) is 16.8 Å². The number of nitrogens with one attached hydrogen (secondary N) is 1. The molecule has 0 fully saturated rings. The number of anilines is 1. The van der Waals surface area contributed by atoms with Crippen LogP contribution in [0, 0.1) is 0 Å². The van der Waals surface area contributed by atoms with Gasteiger partial charge in [0.15, 0.2) is 0 Å². The van der Waals surface area contributed by atoms with E-state index < -0.39 is 29.5 Å². The highest BCUT2D eigenvalue weighted by Crippen LogP contribution is 2.39. The first kappa shape index (κ1) is 15.7. The van der Waals surface area contributed by atoms with Crippen LogP contribution in [-0.2, 0) is 18.8 Å². The highest BCUT2D eigenvalue weighted by Gasteiger charge is 2.34. The maximum Gasteiger partial charge on any atom is 0.416 e. The van der Waals surface area contributed by atoms with Gasteiger partial charge in [-0.3, -0.25) is 0 Å². The van der Waals surface area contributed by atoms with Gasteiger partial charge in [0.25, 0.3) is 0 Å². The predicted molar refractivity (Wildman–Crippen MR) is 73.0 cm³/mol. The second-order valence-corrected chi connectivity index (χ2v) is 5.39. The maximum absolute atomic E-state index is 12.8. The summed E-state index contributed by atoms with van der Waals surface area (Å²) in [7, 11) is 0. The average Bonchev–Trinajstić information content (AvgIpc) is 2.88. The number of halogens is 6. The van der Waals surface area contributed by atoms with E-state index in [1.165, 1.54) is 18.2 Å². The molecule has 7 heteroatoms. The summed E-state index contributed by atoms with van der Waals surface area (Å²) in [6.07, 6.45) is -8.69. The highest BCUT2D eigenvalue weighted by atomic mass is 19.4. The number of hydrogen-bond donors (Lipinski definition) is 1. The van der Waals surface area contributed by atoms with Gasteiger partial charge >= 0.3 is 12.4 Å². The first-order valence-corrected chi connectivity index (χ1v) is 6.78. The van der Waals surface area contributed by atoms with Crippen LogP contribution < -0.4 is 5.32 Å². The Kier molecular flexibility index (Phi) is 3.54. The molecule has 1 nitrogen and oxygen atoms in total. The molecule has 0 bridgehead atoms. The van der Waals surface area contributed by atoms with E-state index in [1.807, 2.05) is 0 Å². The van der Waals surface area contributed by atoms with Gasteiger partial charge < -0.3 is 5.32 Å². The number of hydrogen-bond acceptors (Lipinski definition) is 1. The summed E-state index contributed by atoms with van der Waals surface area (Å²) >= 11 is 0. The average molecular weight is 331 g/mol. The Balaban J connectivity index is 1.88. The Hall–Kier alpha value is -2.18. The van der Waals surface area contributed by atoms with E-state index in [2.05, 4.69) is 5.32 Å². The van der Waals surface area contributed by atoms with Gasteiger partial charge in [0.2, 0.25) is 0 Å². The molecule has 0 aliphatic carbocycles. The van der Waals surface area contributed by atoms with Crippen LogP contribution in [0.5, 0.6) is 0 Å². The third-order valence-corrected chi connectivity index (χ3v) is 3.80. The van der Waals surface area contributed by atoms with Gasteiger partial charge in [0, 0.05) is 5.69 Å². The van der Waals surface area contributed by atoms with Gasteiger partial charge in [0.1, 0.15) is 0 Å². The molecular formula is C16H11F6N. The van der Waals surface area contributed by atoms with Crippen molar-refractivity contribution >= 4 is 5.69 Å². The van der Waals surface area contributed by atoms with Gasteiger partial charge in [-0.05, 0) is 47.9 Å². The quantitative estimate of drug-likeness (QED) is 0.687. The van der Waals surface area contributed by atoms with Crippen LogP contribution in [0.3, 0.4) is 0 Å². The SMILES string of the molecule is FC(F)(F)c1cccc(C2Cc3cc(C(F)(F)F)ccc3N2)c1. The summed E-state index contributed by atoms with van der Waals surface area (Å²) in [5.74, 6) is 0. The van der Waals surface area contributed by atoms with Gasteiger partial charge in [-0.1, -0.05) is 12.1 Å². The second-order valence-electron chi connectivity index (χ2n) is 5.39. The summed E-state index contributed by atoms with van der Waals surface area (Å²) in [6.45, 7) is 0. The summed E-state index contributed by atoms with van der Waals surface area (Å²) in [5.41, 5.74) is -0.182. The van der Waals surface area contributed by atoms with Crippen molar-refractivity contribution in [3.8, 4) is 0 Å². The van der Waals surface area contributed by atoms with E-state index in [4.69, 9.17) is 0 Å². The predicted octanol–water partition coefficient (Wildman–Crippen LogP) is 5.43. The highest BCUT2D eigenvalue weighted by molar-refractivity contribution is 5.59. The van der Waals surface area contributed by atoms with Crippen LogP contribution in [0.4, 0.5) is 32.0 Å². The van der Waals surface area contributed by atoms with E-state index in [9.17, 15) is 26.3 Å². The fraction of sp³-hybridized carbons (Fsp3) is 0.250. The van der Waals surface area contributed by atoms with E-state index >= 15 is 0 Å². The Bertz CT molecular complexity index is 732. The van der Waals surface area contributed by atoms with Gasteiger partial charge in [-0.25, -0.2) is 0 Å². The molecule has 1 atom stereocenters. The van der Waals surface area contributed by atoms with Crippen molar-refractivity contribution in [1.29, 1.82) is 0 Å². The van der Waals surface area contributed by atoms with Crippen molar-refractivity contribution in [2.24, 2.45) is 0 Å². The topological polar surface area (TPSA) is 12.0 Å². The molecule has 1 aliphatic rings. The van der Waals surface area contributed by atoms with Crippen LogP contribution >= 0.6 is 0 Å². The molecule has 0 radical (unpaired) electrons. The zero-order valence-electron chi connectivity index (χ0n) is 11.6. The first-order chi connectivity index (χ1) is 10.6. The molecule has 122 valence electrons. The van der Waals surface area contributed by atoms with Crippen molar-refractivity contribution in [3.05, 3.63) is 64.7 Å². The minimum absolute atomic E-state index is 0.209. The molecule has 3 rings (SSSR count). The molecule has 2 aromatic carbocycles. The zero-order valence-corrected chi connectivity index (χ0v) is 11.6. The van der Waals surface area contributed by atoms with Gasteiger partial charge in [-0.2, -0.15) is 26.3 Å². The Morgan fingerprint density at radius 3 is 2.13 bits per heavy atom. The van der Waals surface area contributed by atoms with Crippen molar-refractivity contribution in [2.75, 3.05) is 5.32 Å². The fourth-order valence-electron chi connectivity index (χ4n) is 2.67. The Morgan fingerprint density at radius 2 is 1.48 bits per heavy atom. The van der Waals surface area contributed by atoms with Crippen LogP contribution in [0.15, 0.2) is 42.5 Å². The largest absolute Gasteiger partial charge is 0.416 e. The molecule has 1 heterocycles. The van der Waals surface area contributed by atoms with Crippen molar-refractivity contribution in [1.82, 2.24) is 0 Å². The summed E-state index contributed by atoms with van der Waals surface area (Å²) in [6, 6.07) is 7.65. The minimum Gasteiger partial charge on any atom is -0.378 e. The fourth-order valence-corrected chi connectivity index (χ4v) is 2.67. The lowest BCUT2D eigenvalue weighted by Crippen LogP contribution is -2.09. The van der Waals surface area contributed by atoms with E-state index in [1.54, 1.807) is 0 Å². The molecule has 0 amide bonds. The van der Waals surface area contributed by atoms with Crippen molar-refractivity contribution < 1.29 is 26.3 Å². The monoisotopic (exact) mass is 331 g/mol. The molecule has 1 aliphatic heterocycles. The molecule has 0 saturated heterocycles. The Labute approximate surface area is 127 Å². The van der Waals surface area contributed by atoms with E-state index in [-0.39, 0.29) is 6.42 Å². The molecule has 2 aromatic rings. The van der Waals surface area contributed by atoms with Gasteiger partial charge in [-0.15, -0.1) is 0 Å². The molecule has 1 N–H and O–H groups in total. The van der Waals surface area contributed by atoms with Crippen LogP contribution in [0.1, 0.15) is 28.3 Å². The number of alkyl halides is 6. The van der Waals surface area contributed by atoms with Crippen LogP contribution in [-0.4, -0.2) is 0 Å². The third kappa shape index (κ3) is 3.13. The molecule has 1 unspecified atom stereocenters. The normalized spacial score (nSPS) is 17.7. The van der Waals surface area contributed by atoms with Crippen LogP contribution in [0.2, 0.25) is 0 Å². The number of fused-ring (bicyclic) bond motifs is 1. The first-order valence-electron chi connectivity index (χ1n) is 6.78. The smallest absolute Gasteiger partial charge is 0.378 e. The zero-order chi connectivity index (χ0) is 16.8. The van der Waals surface area contributed by atoms with Crippen molar-refractivity contribution in [2.45, 2.75) is 24.8 Å². The lowest BCUT2D eigenvalue weighted by molar-refractivity contribution is -0.138. The molecule has 0 saturated carbocycles. The molecular weight excluding hydrogens is 320 g/mol. The Morgan fingerprint density at radius 1 is 0.826 bits per heavy atom. The lowest BCUT2D eigenvalue weighted by atomic mass is 10.00. The lowest BCUT2D eigenvalue weighted by Gasteiger charge is -2.14. The standard InChI is InChI=1S/C16H11F6N/c17-15(18,19)11-3-1-2-9(6-11)14-8-10-7-12(16(20,21)22)4-5-13(10)23-14/h1-7,14,23H,8H2. The summed E-state index contributed by atoms with van der Waals surface area (Å²) < 4.78 is 76.4. The summed E-state index contributed by atoms with van der Waals surface area (Å²) in [4.78, 5) is 0. The molecule has 23 heavy (non-hydrogen) atoms. The maximum atomic E-state index is 12.8. The number of benzene rings is 2. The van der Waals surface area contributed by atoms with Gasteiger partial charge in [0.05, 0.1) is 17.2 Å². The molecule has 0 aromatic heterocycles. The van der Waals surface area contributed by atoms with Crippen LogP contribution in [0.25, 0.3) is 0 Å². The third-order valence-electron chi connectivity index (χ3n) is 3.80. The minimum atomic E-state index is -4.45. The summed E-state index contributed by atoms with van der Waals surface area (Å²) in [5, 5.41) is 2.97. The van der Waals surface area contributed by atoms with Crippen molar-refractivity contribution in [3.63, 3.8) is 0 Å².